The summed E-state index contributed by atoms with van der Waals surface area (Å²) in [6.45, 7) is 2.88. The smallest absolute Gasteiger partial charge is 0.190 e. The van der Waals surface area contributed by atoms with Crippen LogP contribution >= 0.6 is 35.0 Å². The fourth-order valence-electron chi connectivity index (χ4n) is 2.33. The summed E-state index contributed by atoms with van der Waals surface area (Å²) in [7, 11) is -3.87. The highest BCUT2D eigenvalue weighted by Crippen LogP contribution is 2.32. The van der Waals surface area contributed by atoms with Crippen LogP contribution in [0, 0.1) is 0 Å². The normalized spacial score (nSPS) is 12.2. The van der Waals surface area contributed by atoms with Gasteiger partial charge in [-0.25, -0.2) is 8.42 Å². The van der Waals surface area contributed by atoms with Gasteiger partial charge in [-0.1, -0.05) is 41.4 Å². The molecule has 3 nitrogen and oxygen atoms in total. The fraction of sp³-hybridized carbons (Fsp3) is 0.316. The second-order valence-corrected chi connectivity index (χ2v) is 10.8. The molecule has 0 aliphatic rings. The Morgan fingerprint density at radius 3 is 2.31 bits per heavy atom. The maximum absolute atomic E-state index is 12.9. The molecule has 0 unspecified atom stereocenters. The number of sulfone groups is 1. The van der Waals surface area contributed by atoms with Gasteiger partial charge in [0.05, 0.1) is 14.9 Å². The van der Waals surface area contributed by atoms with Crippen LogP contribution in [0.15, 0.2) is 58.3 Å². The molecule has 0 radical (unpaired) electrons. The maximum Gasteiger partial charge on any atom is 0.190 e. The highest BCUT2D eigenvalue weighted by Gasteiger charge is 2.42. The van der Waals surface area contributed by atoms with E-state index in [1.807, 2.05) is 30.3 Å². The van der Waals surface area contributed by atoms with E-state index in [1.165, 1.54) is 32.0 Å². The topological polar surface area (TPSA) is 51.2 Å². The first kappa shape index (κ1) is 21.3. The number of carbonyl (C=O) groups is 1. The van der Waals surface area contributed by atoms with E-state index in [-0.39, 0.29) is 27.1 Å². The van der Waals surface area contributed by atoms with Crippen molar-refractivity contribution in [2.75, 3.05) is 5.75 Å². The molecule has 2 aromatic carbocycles. The average molecular weight is 431 g/mol. The van der Waals surface area contributed by atoms with Crippen molar-refractivity contribution in [3.8, 4) is 0 Å². The summed E-state index contributed by atoms with van der Waals surface area (Å²) in [5, 5.41) is 0.419. The van der Waals surface area contributed by atoms with Gasteiger partial charge in [0, 0.05) is 11.3 Å². The van der Waals surface area contributed by atoms with Crippen LogP contribution in [0.5, 0.6) is 0 Å². The van der Waals surface area contributed by atoms with Crippen LogP contribution in [0.4, 0.5) is 0 Å². The van der Waals surface area contributed by atoms with Gasteiger partial charge in [-0.15, -0.1) is 11.8 Å². The molecule has 0 saturated carbocycles. The largest absolute Gasteiger partial charge is 0.298 e. The Labute approximate surface area is 169 Å². The average Bonchev–Trinajstić information content (AvgIpc) is 2.61. The molecule has 26 heavy (non-hydrogen) atoms. The molecule has 7 heteroatoms. The van der Waals surface area contributed by atoms with Gasteiger partial charge in [-0.2, -0.15) is 0 Å². The van der Waals surface area contributed by atoms with Crippen LogP contribution in [0.25, 0.3) is 0 Å². The Balaban J connectivity index is 2.02. The maximum atomic E-state index is 12.9. The highest BCUT2D eigenvalue weighted by atomic mass is 35.5. The molecule has 2 rings (SSSR count). The summed E-state index contributed by atoms with van der Waals surface area (Å²) < 4.78 is 24.2. The minimum absolute atomic E-state index is 0.00362. The number of hydrogen-bond donors (Lipinski definition) is 0. The number of benzene rings is 2. The first-order valence-electron chi connectivity index (χ1n) is 8.07. The third-order valence-corrected chi connectivity index (χ3v) is 8.39. The van der Waals surface area contributed by atoms with E-state index >= 15 is 0 Å². The molecule has 0 amide bonds. The molecule has 140 valence electrons. The van der Waals surface area contributed by atoms with Gasteiger partial charge in [-0.05, 0) is 56.4 Å². The summed E-state index contributed by atoms with van der Waals surface area (Å²) in [4.78, 5) is 13.7. The van der Waals surface area contributed by atoms with E-state index in [0.717, 1.165) is 10.6 Å². The lowest BCUT2D eigenvalue weighted by Gasteiger charge is -2.23. The van der Waals surface area contributed by atoms with E-state index in [2.05, 4.69) is 0 Å². The van der Waals surface area contributed by atoms with Crippen molar-refractivity contribution in [1.29, 1.82) is 0 Å². The van der Waals surface area contributed by atoms with E-state index in [0.29, 0.717) is 6.42 Å². The standard InChI is InChI=1S/C19H20Cl2O3S2/c1-19(2,26(23,24)15-10-11-16(20)17(21)13-15)18(22)9-6-12-25-14-7-4-3-5-8-14/h3-5,7-8,10-11,13H,6,9,12H2,1-2H3. The van der Waals surface area contributed by atoms with Crippen molar-refractivity contribution >= 4 is 50.6 Å². The molecule has 0 fully saturated rings. The van der Waals surface area contributed by atoms with Crippen molar-refractivity contribution in [1.82, 2.24) is 0 Å². The van der Waals surface area contributed by atoms with Crippen LogP contribution in [0.1, 0.15) is 26.7 Å². The molecular formula is C19H20Cl2O3S2. The third-order valence-electron chi connectivity index (χ3n) is 4.10. The fourth-order valence-corrected chi connectivity index (χ4v) is 5.08. The molecule has 0 N–H and O–H groups in total. The van der Waals surface area contributed by atoms with Gasteiger partial charge < -0.3 is 0 Å². The number of hydrogen-bond acceptors (Lipinski definition) is 4. The summed E-state index contributed by atoms with van der Waals surface area (Å²) >= 11 is 13.4. The quantitative estimate of drug-likeness (QED) is 0.398. The van der Waals surface area contributed by atoms with Crippen LogP contribution in [-0.2, 0) is 14.6 Å². The van der Waals surface area contributed by atoms with E-state index in [4.69, 9.17) is 23.2 Å². The molecule has 0 aliphatic carbocycles. The number of carbonyl (C=O) groups excluding carboxylic acids is 1. The Hall–Kier alpha value is -1.01. The molecule has 0 heterocycles. The van der Waals surface area contributed by atoms with Crippen molar-refractivity contribution < 1.29 is 13.2 Å². The van der Waals surface area contributed by atoms with E-state index in [1.54, 1.807) is 11.8 Å². The van der Waals surface area contributed by atoms with Gasteiger partial charge in [0.2, 0.25) is 0 Å². The van der Waals surface area contributed by atoms with Gasteiger partial charge in [0.25, 0.3) is 0 Å². The van der Waals surface area contributed by atoms with Crippen LogP contribution < -0.4 is 0 Å². The summed E-state index contributed by atoms with van der Waals surface area (Å²) in [6, 6.07) is 14.0. The molecule has 0 bridgehead atoms. The van der Waals surface area contributed by atoms with E-state index < -0.39 is 14.6 Å². The van der Waals surface area contributed by atoms with Crippen LogP contribution in [0.3, 0.4) is 0 Å². The molecule has 0 aromatic heterocycles. The first-order chi connectivity index (χ1) is 12.2. The number of thioether (sulfide) groups is 1. The Morgan fingerprint density at radius 1 is 1.04 bits per heavy atom. The van der Waals surface area contributed by atoms with Crippen LogP contribution in [0.2, 0.25) is 10.0 Å². The number of halogens is 2. The zero-order chi connectivity index (χ0) is 19.4. The Bertz CT molecular complexity index is 879. The molecule has 0 saturated heterocycles. The van der Waals surface area contributed by atoms with Crippen LogP contribution in [-0.4, -0.2) is 24.7 Å². The van der Waals surface area contributed by atoms with Crippen molar-refractivity contribution in [2.24, 2.45) is 0 Å². The van der Waals surface area contributed by atoms with E-state index in [9.17, 15) is 13.2 Å². The van der Waals surface area contributed by atoms with Gasteiger partial charge in [0.1, 0.15) is 4.75 Å². The zero-order valence-electron chi connectivity index (χ0n) is 14.5. The highest BCUT2D eigenvalue weighted by molar-refractivity contribution is 7.99. The predicted molar refractivity (Wildman–Crippen MR) is 109 cm³/mol. The monoisotopic (exact) mass is 430 g/mol. The number of ketones is 1. The number of rotatable bonds is 8. The molecule has 0 spiro atoms. The lowest BCUT2D eigenvalue weighted by molar-refractivity contribution is -0.120. The predicted octanol–water partition coefficient (Wildman–Crippen LogP) is 5.69. The SMILES string of the molecule is CC(C)(C(=O)CCCSc1ccccc1)S(=O)(=O)c1ccc(Cl)c(Cl)c1. The molecule has 0 aliphatic heterocycles. The van der Waals surface area contributed by atoms with Gasteiger partial charge in [0.15, 0.2) is 15.6 Å². The second kappa shape index (κ2) is 8.79. The molecular weight excluding hydrogens is 411 g/mol. The Kier molecular flexibility index (Phi) is 7.19. The Morgan fingerprint density at radius 2 is 1.69 bits per heavy atom. The molecule has 2 aromatic rings. The first-order valence-corrected chi connectivity index (χ1v) is 11.3. The van der Waals surface area contributed by atoms with Crippen molar-refractivity contribution in [3.05, 3.63) is 58.6 Å². The third kappa shape index (κ3) is 4.83. The van der Waals surface area contributed by atoms with Gasteiger partial charge in [-0.3, -0.25) is 4.79 Å². The molecule has 0 atom stereocenters. The lowest BCUT2D eigenvalue weighted by atomic mass is 10.0. The minimum atomic E-state index is -3.87. The summed E-state index contributed by atoms with van der Waals surface area (Å²) in [6.07, 6.45) is 0.812. The van der Waals surface area contributed by atoms with Gasteiger partial charge >= 0.3 is 0 Å². The summed E-state index contributed by atoms with van der Waals surface area (Å²) in [5.74, 6) is 0.441. The minimum Gasteiger partial charge on any atom is -0.298 e. The second-order valence-electron chi connectivity index (χ2n) is 6.28. The number of Topliss-reactive ketones (excluding diaryl/α,β-unsaturated/α-hetero) is 1. The summed E-state index contributed by atoms with van der Waals surface area (Å²) in [5.41, 5.74) is 0. The van der Waals surface area contributed by atoms with Crippen molar-refractivity contribution in [2.45, 2.75) is 41.2 Å². The van der Waals surface area contributed by atoms with Crippen molar-refractivity contribution in [3.63, 3.8) is 0 Å². The lowest BCUT2D eigenvalue weighted by Crippen LogP contribution is -2.40. The zero-order valence-corrected chi connectivity index (χ0v) is 17.7.